The number of amides is 2. The molecule has 1 atom stereocenters. The van der Waals surface area contributed by atoms with Crippen molar-refractivity contribution >= 4 is 11.8 Å². The number of carbonyl (C=O) groups excluding carboxylic acids is 2. The molecule has 15 heavy (non-hydrogen) atoms. The smallest absolute Gasteiger partial charge is 0.242 e. The van der Waals surface area contributed by atoms with Gasteiger partial charge in [0.2, 0.25) is 11.8 Å². The van der Waals surface area contributed by atoms with E-state index >= 15 is 0 Å². The predicted molar refractivity (Wildman–Crippen MR) is 49.5 cm³/mol. The molecule has 8 nitrogen and oxygen atoms in total. The summed E-state index contributed by atoms with van der Waals surface area (Å²) in [6.07, 6.45) is 1.32. The first kappa shape index (κ1) is 11.1. The standard InChI is InChI=1S/C7H12N6O2/c1-5(7(15)8-2)10-6(14)3-13-4-9-11-12-13/h4-5H,3H2,1-2H3,(H,8,15)(H,10,14)/t5-/m0/s1. The number of nitrogens with zero attached hydrogens (tertiary/aromatic N) is 4. The van der Waals surface area contributed by atoms with Gasteiger partial charge in [-0.05, 0) is 17.4 Å². The second-order valence-electron chi connectivity index (χ2n) is 2.91. The number of nitrogens with one attached hydrogen (secondary N) is 2. The minimum Gasteiger partial charge on any atom is -0.357 e. The maximum Gasteiger partial charge on any atom is 0.242 e. The highest BCUT2D eigenvalue weighted by Crippen LogP contribution is 1.84. The molecule has 0 radical (unpaired) electrons. The van der Waals surface area contributed by atoms with E-state index in [-0.39, 0.29) is 18.4 Å². The van der Waals surface area contributed by atoms with Crippen LogP contribution < -0.4 is 10.6 Å². The van der Waals surface area contributed by atoms with Crippen LogP contribution in [0, 0.1) is 0 Å². The Morgan fingerprint density at radius 3 is 2.80 bits per heavy atom. The van der Waals surface area contributed by atoms with Crippen LogP contribution in [0.5, 0.6) is 0 Å². The van der Waals surface area contributed by atoms with Gasteiger partial charge in [0.25, 0.3) is 0 Å². The first-order chi connectivity index (χ1) is 7.13. The molecule has 1 aromatic rings. The molecule has 2 N–H and O–H groups in total. The van der Waals surface area contributed by atoms with Crippen molar-refractivity contribution in [1.82, 2.24) is 30.8 Å². The van der Waals surface area contributed by atoms with Gasteiger partial charge in [0.05, 0.1) is 0 Å². The van der Waals surface area contributed by atoms with Crippen LogP contribution in [0.1, 0.15) is 6.92 Å². The first-order valence-electron chi connectivity index (χ1n) is 4.35. The molecule has 2 amide bonds. The molecule has 0 aliphatic rings. The zero-order valence-corrected chi connectivity index (χ0v) is 8.47. The Balaban J connectivity index is 2.39. The van der Waals surface area contributed by atoms with Crippen LogP contribution in [0.15, 0.2) is 6.33 Å². The third-order valence-corrected chi connectivity index (χ3v) is 1.71. The van der Waals surface area contributed by atoms with Crippen molar-refractivity contribution in [3.05, 3.63) is 6.33 Å². The van der Waals surface area contributed by atoms with Gasteiger partial charge in [-0.1, -0.05) is 0 Å². The summed E-state index contributed by atoms with van der Waals surface area (Å²) in [5.74, 6) is -0.571. The van der Waals surface area contributed by atoms with E-state index in [1.54, 1.807) is 6.92 Å². The predicted octanol–water partition coefficient (Wildman–Crippen LogP) is -2.08. The van der Waals surface area contributed by atoms with Gasteiger partial charge in [-0.15, -0.1) is 5.10 Å². The van der Waals surface area contributed by atoms with Crippen LogP contribution in [-0.2, 0) is 16.1 Å². The van der Waals surface area contributed by atoms with Gasteiger partial charge >= 0.3 is 0 Å². The van der Waals surface area contributed by atoms with Crippen molar-refractivity contribution in [2.24, 2.45) is 0 Å². The summed E-state index contributed by atoms with van der Waals surface area (Å²) in [6, 6.07) is -0.570. The number of hydrogen-bond acceptors (Lipinski definition) is 5. The monoisotopic (exact) mass is 212 g/mol. The average molecular weight is 212 g/mol. The minimum atomic E-state index is -0.570. The Kier molecular flexibility index (Phi) is 3.72. The highest BCUT2D eigenvalue weighted by molar-refractivity contribution is 5.86. The summed E-state index contributed by atoms with van der Waals surface area (Å²) in [5, 5.41) is 15.2. The van der Waals surface area contributed by atoms with Gasteiger partial charge in [0.15, 0.2) is 0 Å². The van der Waals surface area contributed by atoms with Crippen LogP contribution in [0.2, 0.25) is 0 Å². The Bertz CT molecular complexity index is 335. The number of tetrazole rings is 1. The van der Waals surface area contributed by atoms with Gasteiger partial charge in [-0.3, -0.25) is 9.59 Å². The number of likely N-dealkylation sites (N-methyl/N-ethyl adjacent to an activating group) is 1. The minimum absolute atomic E-state index is 0.00562. The van der Waals surface area contributed by atoms with Gasteiger partial charge in [0, 0.05) is 7.05 Å². The van der Waals surface area contributed by atoms with Gasteiger partial charge in [0.1, 0.15) is 18.9 Å². The summed E-state index contributed by atoms with van der Waals surface area (Å²) in [4.78, 5) is 22.4. The molecular formula is C7H12N6O2. The van der Waals surface area contributed by atoms with E-state index in [0.717, 1.165) is 0 Å². The molecule has 1 aromatic heterocycles. The molecule has 0 spiro atoms. The van der Waals surface area contributed by atoms with E-state index in [1.165, 1.54) is 18.1 Å². The molecule has 0 unspecified atom stereocenters. The number of aromatic nitrogens is 4. The maximum absolute atomic E-state index is 11.3. The Labute approximate surface area is 86.0 Å². The van der Waals surface area contributed by atoms with Crippen LogP contribution in [0.3, 0.4) is 0 Å². The summed E-state index contributed by atoms with van der Waals surface area (Å²) >= 11 is 0. The first-order valence-corrected chi connectivity index (χ1v) is 4.35. The highest BCUT2D eigenvalue weighted by Gasteiger charge is 2.14. The third-order valence-electron chi connectivity index (χ3n) is 1.71. The fourth-order valence-corrected chi connectivity index (χ4v) is 0.969. The van der Waals surface area contributed by atoms with Crippen molar-refractivity contribution in [3.63, 3.8) is 0 Å². The average Bonchev–Trinajstić information content (AvgIpc) is 2.68. The molecule has 0 aliphatic carbocycles. The van der Waals surface area contributed by atoms with Crippen LogP contribution >= 0.6 is 0 Å². The SMILES string of the molecule is CNC(=O)[C@H](C)NC(=O)Cn1cnnn1. The van der Waals surface area contributed by atoms with Gasteiger partial charge in [-0.25, -0.2) is 4.68 Å². The van der Waals surface area contributed by atoms with Gasteiger partial charge < -0.3 is 10.6 Å². The van der Waals surface area contributed by atoms with Crippen molar-refractivity contribution in [3.8, 4) is 0 Å². The van der Waals surface area contributed by atoms with Crippen LogP contribution in [0.4, 0.5) is 0 Å². The molecule has 0 saturated heterocycles. The highest BCUT2D eigenvalue weighted by atomic mass is 16.2. The molecule has 0 saturated carbocycles. The molecule has 1 heterocycles. The van der Waals surface area contributed by atoms with E-state index in [1.807, 2.05) is 0 Å². The van der Waals surface area contributed by atoms with Crippen molar-refractivity contribution in [1.29, 1.82) is 0 Å². The maximum atomic E-state index is 11.3. The summed E-state index contributed by atoms with van der Waals surface area (Å²) in [6.45, 7) is 1.59. The van der Waals surface area contributed by atoms with Crippen molar-refractivity contribution < 1.29 is 9.59 Å². The summed E-state index contributed by atoms with van der Waals surface area (Å²) in [5.41, 5.74) is 0. The molecule has 0 aliphatic heterocycles. The zero-order chi connectivity index (χ0) is 11.3. The third kappa shape index (κ3) is 3.33. The summed E-state index contributed by atoms with van der Waals surface area (Å²) < 4.78 is 1.27. The van der Waals surface area contributed by atoms with Crippen molar-refractivity contribution in [2.45, 2.75) is 19.5 Å². The molecule has 82 valence electrons. The molecule has 0 aromatic carbocycles. The van der Waals surface area contributed by atoms with E-state index in [0.29, 0.717) is 0 Å². The number of carbonyl (C=O) groups is 2. The quantitative estimate of drug-likeness (QED) is 0.596. The fraction of sp³-hybridized carbons (Fsp3) is 0.571. The van der Waals surface area contributed by atoms with E-state index < -0.39 is 6.04 Å². The second-order valence-corrected chi connectivity index (χ2v) is 2.91. The number of hydrogen-bond donors (Lipinski definition) is 2. The molecule has 1 rings (SSSR count). The van der Waals surface area contributed by atoms with Crippen LogP contribution in [-0.4, -0.2) is 45.1 Å². The van der Waals surface area contributed by atoms with Crippen molar-refractivity contribution in [2.75, 3.05) is 7.05 Å². The largest absolute Gasteiger partial charge is 0.357 e. The molecular weight excluding hydrogens is 200 g/mol. The normalized spacial score (nSPS) is 11.9. The van der Waals surface area contributed by atoms with E-state index in [2.05, 4.69) is 26.2 Å². The van der Waals surface area contributed by atoms with E-state index in [4.69, 9.17) is 0 Å². The Hall–Kier alpha value is -1.99. The fourth-order valence-electron chi connectivity index (χ4n) is 0.969. The molecule has 0 bridgehead atoms. The second kappa shape index (κ2) is 5.03. The lowest BCUT2D eigenvalue weighted by atomic mass is 10.3. The lowest BCUT2D eigenvalue weighted by Gasteiger charge is -2.11. The Morgan fingerprint density at radius 1 is 1.53 bits per heavy atom. The van der Waals surface area contributed by atoms with Gasteiger partial charge in [-0.2, -0.15) is 0 Å². The van der Waals surface area contributed by atoms with Crippen LogP contribution in [0.25, 0.3) is 0 Å². The Morgan fingerprint density at radius 2 is 2.27 bits per heavy atom. The summed E-state index contributed by atoms with van der Waals surface area (Å²) in [7, 11) is 1.51. The lowest BCUT2D eigenvalue weighted by Crippen LogP contribution is -2.44. The lowest BCUT2D eigenvalue weighted by molar-refractivity contribution is -0.128. The topological polar surface area (TPSA) is 102 Å². The van der Waals surface area contributed by atoms with E-state index in [9.17, 15) is 9.59 Å². The zero-order valence-electron chi connectivity index (χ0n) is 8.47. The molecule has 0 fully saturated rings. The molecule has 8 heteroatoms. The number of rotatable bonds is 4.